The number of esters is 7. The fraction of sp³-hybridized carbons (Fsp3) is 0.741. The SMILES string of the molecule is CO[C@H]1O[C@H](CS[C@@H]2O[C@H](COC(C)=O)[C@@H](OC(C)=O)[C@H](OC(C)=O)[C@@H]2OC(C)=O)[C@@H](OC(C)=O)[C@H](OC(C)=O)[C@H]1OC(C)=O. The van der Waals surface area contributed by atoms with Crippen LogP contribution >= 0.6 is 11.8 Å². The molecule has 17 nitrogen and oxygen atoms in total. The maximum absolute atomic E-state index is 12.2. The zero-order valence-corrected chi connectivity index (χ0v) is 26.9. The molecular formula is C27H38O17S. The van der Waals surface area contributed by atoms with Gasteiger partial charge in [0.25, 0.3) is 0 Å². The van der Waals surface area contributed by atoms with Gasteiger partial charge in [0.1, 0.15) is 24.3 Å². The molecule has 0 aliphatic carbocycles. The van der Waals surface area contributed by atoms with Gasteiger partial charge in [-0.05, 0) is 0 Å². The zero-order chi connectivity index (χ0) is 34.0. The molecule has 0 radical (unpaired) electrons. The van der Waals surface area contributed by atoms with Crippen molar-refractivity contribution in [2.75, 3.05) is 19.5 Å². The van der Waals surface area contributed by atoms with Crippen LogP contribution in [0.5, 0.6) is 0 Å². The predicted octanol–water partition coefficient (Wildman–Crippen LogP) is -0.0309. The van der Waals surface area contributed by atoms with E-state index in [0.29, 0.717) is 0 Å². The first-order valence-electron chi connectivity index (χ1n) is 13.7. The summed E-state index contributed by atoms with van der Waals surface area (Å²) in [5.41, 5.74) is -1.19. The van der Waals surface area contributed by atoms with Crippen LogP contribution in [0.25, 0.3) is 0 Å². The third-order valence-electron chi connectivity index (χ3n) is 6.10. The van der Waals surface area contributed by atoms with Gasteiger partial charge in [-0.3, -0.25) is 33.6 Å². The second-order valence-electron chi connectivity index (χ2n) is 9.90. The number of carbonyl (C=O) groups excluding carboxylic acids is 7. The molecule has 2 fully saturated rings. The minimum Gasteiger partial charge on any atom is -0.463 e. The van der Waals surface area contributed by atoms with Crippen LogP contribution < -0.4 is 0 Å². The molecule has 0 unspecified atom stereocenters. The summed E-state index contributed by atoms with van der Waals surface area (Å²) in [6.45, 7) is 7.33. The highest BCUT2D eigenvalue weighted by Gasteiger charge is 2.55. The summed E-state index contributed by atoms with van der Waals surface area (Å²) in [5, 5.41) is 0. The molecule has 2 aliphatic heterocycles. The molecular weight excluding hydrogens is 628 g/mol. The van der Waals surface area contributed by atoms with Gasteiger partial charge in [-0.2, -0.15) is 0 Å². The van der Waals surface area contributed by atoms with Crippen LogP contribution in [-0.2, 0) is 80.9 Å². The molecule has 0 bridgehead atoms. The normalized spacial score (nSPS) is 31.0. The Morgan fingerprint density at radius 3 is 1.36 bits per heavy atom. The second-order valence-corrected chi connectivity index (χ2v) is 11.0. The van der Waals surface area contributed by atoms with Crippen molar-refractivity contribution >= 4 is 53.5 Å². The number of methoxy groups -OCH3 is 1. The molecule has 0 aromatic rings. The number of hydrogen-bond acceptors (Lipinski definition) is 18. The standard InChI is InChI=1S/C27H38O17S/c1-11(28)36-9-18-20(37-12(2)29)23(40-15(5)32)25(42-17(7)34)27(44-18)45-10-19-21(38-13(3)30)22(39-14(4)31)24(41-16(6)33)26(35-8)43-19/h18-27H,9-10H2,1-8H3/t18-,19-,20-,21-,22+,23+,24-,25+,26+,27+/m1/s1. The highest BCUT2D eigenvalue weighted by atomic mass is 32.2. The van der Waals surface area contributed by atoms with Gasteiger partial charge >= 0.3 is 41.8 Å². The molecule has 0 amide bonds. The van der Waals surface area contributed by atoms with Gasteiger partial charge < -0.3 is 47.4 Å². The largest absolute Gasteiger partial charge is 0.463 e. The summed E-state index contributed by atoms with van der Waals surface area (Å²) in [5.74, 6) is -5.52. The smallest absolute Gasteiger partial charge is 0.303 e. The highest BCUT2D eigenvalue weighted by molar-refractivity contribution is 7.99. The van der Waals surface area contributed by atoms with Gasteiger partial charge in [0.05, 0.1) is 0 Å². The monoisotopic (exact) mass is 666 g/mol. The Balaban J connectivity index is 2.51. The van der Waals surface area contributed by atoms with Gasteiger partial charge in [-0.25, -0.2) is 0 Å². The maximum atomic E-state index is 12.2. The Bertz CT molecular complexity index is 1110. The fourth-order valence-electron chi connectivity index (χ4n) is 4.69. The van der Waals surface area contributed by atoms with E-state index < -0.39 is 109 Å². The van der Waals surface area contributed by atoms with E-state index >= 15 is 0 Å². The minimum atomic E-state index is -1.41. The van der Waals surface area contributed by atoms with Gasteiger partial charge in [-0.1, -0.05) is 0 Å². The van der Waals surface area contributed by atoms with Crippen LogP contribution in [-0.4, -0.2) is 122 Å². The van der Waals surface area contributed by atoms with Gasteiger partial charge in [0.15, 0.2) is 42.9 Å². The van der Waals surface area contributed by atoms with Crippen molar-refractivity contribution in [3.05, 3.63) is 0 Å². The van der Waals surface area contributed by atoms with Crippen molar-refractivity contribution in [3.8, 4) is 0 Å². The lowest BCUT2D eigenvalue weighted by molar-refractivity contribution is -0.294. The molecule has 2 aliphatic rings. The average molecular weight is 667 g/mol. The number of ether oxygens (including phenoxy) is 10. The Morgan fingerprint density at radius 1 is 0.511 bits per heavy atom. The quantitative estimate of drug-likeness (QED) is 0.198. The third kappa shape index (κ3) is 11.4. The molecule has 10 atom stereocenters. The predicted molar refractivity (Wildman–Crippen MR) is 147 cm³/mol. The first-order chi connectivity index (χ1) is 21.0. The van der Waals surface area contributed by atoms with Crippen LogP contribution in [0, 0.1) is 0 Å². The van der Waals surface area contributed by atoms with E-state index in [1.807, 2.05) is 0 Å². The highest BCUT2D eigenvalue weighted by Crippen LogP contribution is 2.37. The molecule has 2 rings (SSSR count). The van der Waals surface area contributed by atoms with Gasteiger partial charge in [-0.15, -0.1) is 11.8 Å². The number of thioether (sulfide) groups is 1. The zero-order valence-electron chi connectivity index (χ0n) is 26.0. The summed E-state index contributed by atoms with van der Waals surface area (Å²) in [6, 6.07) is 0. The lowest BCUT2D eigenvalue weighted by Gasteiger charge is -2.46. The Morgan fingerprint density at radius 2 is 0.911 bits per heavy atom. The minimum absolute atomic E-state index is 0.143. The summed E-state index contributed by atoms with van der Waals surface area (Å²) in [6.07, 6.45) is -11.8. The molecule has 254 valence electrons. The Kier molecular flexibility index (Phi) is 14.5. The van der Waals surface area contributed by atoms with E-state index in [1.165, 1.54) is 7.11 Å². The summed E-state index contributed by atoms with van der Waals surface area (Å²) in [7, 11) is 1.25. The molecule has 2 saturated heterocycles. The number of hydrogen-bond donors (Lipinski definition) is 0. The first-order valence-corrected chi connectivity index (χ1v) is 14.7. The van der Waals surface area contributed by atoms with Crippen LogP contribution in [0.15, 0.2) is 0 Å². The summed E-state index contributed by atoms with van der Waals surface area (Å²) in [4.78, 5) is 83.8. The number of rotatable bonds is 12. The van der Waals surface area contributed by atoms with Crippen molar-refractivity contribution in [2.45, 2.75) is 109 Å². The average Bonchev–Trinajstić information content (AvgIpc) is 2.90. The van der Waals surface area contributed by atoms with Gasteiger partial charge in [0.2, 0.25) is 0 Å². The van der Waals surface area contributed by atoms with Crippen LogP contribution in [0.1, 0.15) is 48.5 Å². The molecule has 0 N–H and O–H groups in total. The third-order valence-corrected chi connectivity index (χ3v) is 7.33. The van der Waals surface area contributed by atoms with Crippen molar-refractivity contribution in [1.29, 1.82) is 0 Å². The van der Waals surface area contributed by atoms with E-state index in [-0.39, 0.29) is 5.75 Å². The van der Waals surface area contributed by atoms with E-state index in [4.69, 9.17) is 47.4 Å². The first kappa shape index (κ1) is 37.7. The summed E-state index contributed by atoms with van der Waals surface area (Å²) < 4.78 is 55.0. The van der Waals surface area contributed by atoms with Crippen molar-refractivity contribution in [2.24, 2.45) is 0 Å². The van der Waals surface area contributed by atoms with Crippen molar-refractivity contribution in [1.82, 2.24) is 0 Å². The van der Waals surface area contributed by atoms with Crippen LogP contribution in [0.4, 0.5) is 0 Å². The van der Waals surface area contributed by atoms with Gasteiger partial charge in [0, 0.05) is 61.3 Å². The second kappa shape index (κ2) is 17.3. The fourth-order valence-corrected chi connectivity index (χ4v) is 5.96. The van der Waals surface area contributed by atoms with Crippen LogP contribution in [0.3, 0.4) is 0 Å². The van der Waals surface area contributed by atoms with E-state index in [2.05, 4.69) is 0 Å². The van der Waals surface area contributed by atoms with Crippen LogP contribution in [0.2, 0.25) is 0 Å². The Hall–Kier alpha value is -3.48. The molecule has 2 heterocycles. The van der Waals surface area contributed by atoms with Crippen molar-refractivity contribution in [3.63, 3.8) is 0 Å². The molecule has 18 heteroatoms. The molecule has 0 aromatic carbocycles. The lowest BCUT2D eigenvalue weighted by atomic mass is 9.98. The molecule has 45 heavy (non-hydrogen) atoms. The lowest BCUT2D eigenvalue weighted by Crippen LogP contribution is -2.63. The van der Waals surface area contributed by atoms with E-state index in [0.717, 1.165) is 60.2 Å². The molecule has 0 saturated carbocycles. The topological polar surface area (TPSA) is 212 Å². The number of carbonyl (C=O) groups is 7. The van der Waals surface area contributed by atoms with E-state index in [9.17, 15) is 33.6 Å². The maximum Gasteiger partial charge on any atom is 0.303 e. The molecule has 0 spiro atoms. The Labute approximate surface area is 263 Å². The summed E-state index contributed by atoms with van der Waals surface area (Å²) >= 11 is 0.931. The van der Waals surface area contributed by atoms with Crippen molar-refractivity contribution < 1.29 is 80.9 Å². The molecule has 0 aromatic heterocycles. The van der Waals surface area contributed by atoms with E-state index in [1.54, 1.807) is 0 Å².